The SMILES string of the molecule is COCCCOc1ncnc(NN)c1C. The molecule has 0 aliphatic carbocycles. The molecule has 84 valence electrons. The molecule has 15 heavy (non-hydrogen) atoms. The standard InChI is InChI=1S/C9H16N4O2/c1-7-8(13-10)11-6-12-9(7)15-5-3-4-14-2/h6H,3-5,10H2,1-2H3,(H,11,12,13). The van der Waals surface area contributed by atoms with Gasteiger partial charge in [-0.1, -0.05) is 0 Å². The van der Waals surface area contributed by atoms with E-state index in [1.807, 2.05) is 6.92 Å². The van der Waals surface area contributed by atoms with Gasteiger partial charge in [-0.15, -0.1) is 0 Å². The zero-order valence-electron chi connectivity index (χ0n) is 8.99. The molecule has 0 fully saturated rings. The third-order valence-corrected chi connectivity index (χ3v) is 1.91. The van der Waals surface area contributed by atoms with Gasteiger partial charge < -0.3 is 14.9 Å². The number of nitrogen functional groups attached to an aromatic ring is 1. The largest absolute Gasteiger partial charge is 0.477 e. The number of nitrogens with two attached hydrogens (primary N) is 1. The molecule has 0 aliphatic rings. The van der Waals surface area contributed by atoms with Crippen molar-refractivity contribution in [2.75, 3.05) is 25.7 Å². The number of anilines is 1. The maximum atomic E-state index is 5.45. The average molecular weight is 212 g/mol. The summed E-state index contributed by atoms with van der Waals surface area (Å²) in [6.07, 6.45) is 2.24. The molecule has 0 saturated carbocycles. The lowest BCUT2D eigenvalue weighted by atomic mass is 10.3. The highest BCUT2D eigenvalue weighted by atomic mass is 16.5. The maximum Gasteiger partial charge on any atom is 0.221 e. The van der Waals surface area contributed by atoms with Gasteiger partial charge in [0.1, 0.15) is 12.1 Å². The van der Waals surface area contributed by atoms with Gasteiger partial charge in [0.2, 0.25) is 5.88 Å². The Morgan fingerprint density at radius 3 is 2.87 bits per heavy atom. The molecule has 1 rings (SSSR count). The lowest BCUT2D eigenvalue weighted by molar-refractivity contribution is 0.170. The number of nitrogens with zero attached hydrogens (tertiary/aromatic N) is 2. The normalized spacial score (nSPS) is 10.1. The minimum atomic E-state index is 0.550. The zero-order valence-corrected chi connectivity index (χ0v) is 8.99. The third-order valence-electron chi connectivity index (χ3n) is 1.91. The van der Waals surface area contributed by atoms with Crippen LogP contribution in [-0.2, 0) is 4.74 Å². The Labute approximate surface area is 88.8 Å². The Kier molecular flexibility index (Phi) is 4.79. The molecule has 0 saturated heterocycles. The van der Waals surface area contributed by atoms with Gasteiger partial charge in [0.05, 0.1) is 12.2 Å². The number of methoxy groups -OCH3 is 1. The average Bonchev–Trinajstić information content (AvgIpc) is 2.26. The van der Waals surface area contributed by atoms with Crippen LogP contribution in [0.15, 0.2) is 6.33 Å². The number of aromatic nitrogens is 2. The van der Waals surface area contributed by atoms with Crippen LogP contribution in [0.25, 0.3) is 0 Å². The fraction of sp³-hybridized carbons (Fsp3) is 0.556. The van der Waals surface area contributed by atoms with Crippen LogP contribution in [0, 0.1) is 6.92 Å². The number of ether oxygens (including phenoxy) is 2. The van der Waals surface area contributed by atoms with E-state index >= 15 is 0 Å². The van der Waals surface area contributed by atoms with E-state index in [-0.39, 0.29) is 0 Å². The summed E-state index contributed by atoms with van der Waals surface area (Å²) in [4.78, 5) is 7.96. The van der Waals surface area contributed by atoms with Crippen molar-refractivity contribution in [1.29, 1.82) is 0 Å². The Morgan fingerprint density at radius 1 is 1.40 bits per heavy atom. The predicted octanol–water partition coefficient (Wildman–Crippen LogP) is 0.486. The molecule has 0 aromatic carbocycles. The second-order valence-electron chi connectivity index (χ2n) is 2.99. The highest BCUT2D eigenvalue weighted by Crippen LogP contribution is 2.19. The first-order chi connectivity index (χ1) is 7.29. The molecule has 6 heteroatoms. The molecule has 3 N–H and O–H groups in total. The van der Waals surface area contributed by atoms with Crippen molar-refractivity contribution in [1.82, 2.24) is 9.97 Å². The van der Waals surface area contributed by atoms with Crippen molar-refractivity contribution in [2.24, 2.45) is 5.84 Å². The highest BCUT2D eigenvalue weighted by Gasteiger charge is 2.06. The molecular formula is C9H16N4O2. The molecule has 0 aliphatic heterocycles. The van der Waals surface area contributed by atoms with Crippen molar-refractivity contribution >= 4 is 5.82 Å². The van der Waals surface area contributed by atoms with Crippen molar-refractivity contribution in [3.05, 3.63) is 11.9 Å². The molecule has 0 spiro atoms. The van der Waals surface area contributed by atoms with Crippen LogP contribution in [0.5, 0.6) is 5.88 Å². The second kappa shape index (κ2) is 6.15. The summed E-state index contributed by atoms with van der Waals surface area (Å²) in [7, 11) is 1.66. The van der Waals surface area contributed by atoms with E-state index in [0.29, 0.717) is 24.9 Å². The van der Waals surface area contributed by atoms with Crippen molar-refractivity contribution in [3.8, 4) is 5.88 Å². The lowest BCUT2D eigenvalue weighted by Crippen LogP contribution is -2.12. The molecule has 0 atom stereocenters. The molecular weight excluding hydrogens is 196 g/mol. The summed E-state index contributed by atoms with van der Waals surface area (Å²) in [5.74, 6) is 6.41. The van der Waals surface area contributed by atoms with Crippen LogP contribution in [0.2, 0.25) is 0 Å². The van der Waals surface area contributed by atoms with E-state index in [0.717, 1.165) is 12.0 Å². The Bertz CT molecular complexity index is 306. The van der Waals surface area contributed by atoms with E-state index in [1.165, 1.54) is 6.33 Å². The summed E-state index contributed by atoms with van der Waals surface area (Å²) in [5, 5.41) is 0. The molecule has 0 bridgehead atoms. The monoisotopic (exact) mass is 212 g/mol. The Balaban J connectivity index is 2.53. The quantitative estimate of drug-likeness (QED) is 0.405. The smallest absolute Gasteiger partial charge is 0.221 e. The van der Waals surface area contributed by atoms with Crippen molar-refractivity contribution in [2.45, 2.75) is 13.3 Å². The van der Waals surface area contributed by atoms with Gasteiger partial charge >= 0.3 is 0 Å². The van der Waals surface area contributed by atoms with E-state index < -0.39 is 0 Å². The molecule has 6 nitrogen and oxygen atoms in total. The fourth-order valence-corrected chi connectivity index (χ4v) is 1.10. The Morgan fingerprint density at radius 2 is 2.20 bits per heavy atom. The van der Waals surface area contributed by atoms with Crippen molar-refractivity contribution in [3.63, 3.8) is 0 Å². The van der Waals surface area contributed by atoms with Crippen LogP contribution < -0.4 is 16.0 Å². The van der Waals surface area contributed by atoms with Gasteiger partial charge in [0.15, 0.2) is 0 Å². The van der Waals surface area contributed by atoms with E-state index in [2.05, 4.69) is 15.4 Å². The maximum absolute atomic E-state index is 5.45. The predicted molar refractivity (Wildman–Crippen MR) is 56.6 cm³/mol. The summed E-state index contributed by atoms with van der Waals surface area (Å²) in [6.45, 7) is 3.09. The highest BCUT2D eigenvalue weighted by molar-refractivity contribution is 5.46. The first-order valence-electron chi connectivity index (χ1n) is 4.69. The van der Waals surface area contributed by atoms with Crippen LogP contribution in [0.4, 0.5) is 5.82 Å². The zero-order chi connectivity index (χ0) is 11.1. The second-order valence-corrected chi connectivity index (χ2v) is 2.99. The van der Waals surface area contributed by atoms with Crippen LogP contribution in [0.1, 0.15) is 12.0 Å². The first-order valence-corrected chi connectivity index (χ1v) is 4.69. The third kappa shape index (κ3) is 3.34. The van der Waals surface area contributed by atoms with E-state index in [9.17, 15) is 0 Å². The Hall–Kier alpha value is -1.40. The van der Waals surface area contributed by atoms with Gasteiger partial charge in [-0.05, 0) is 6.92 Å². The minimum absolute atomic E-state index is 0.550. The minimum Gasteiger partial charge on any atom is -0.477 e. The van der Waals surface area contributed by atoms with Crippen molar-refractivity contribution < 1.29 is 9.47 Å². The van der Waals surface area contributed by atoms with E-state index in [1.54, 1.807) is 7.11 Å². The number of hydrogen-bond donors (Lipinski definition) is 2. The molecule has 1 aromatic heterocycles. The topological polar surface area (TPSA) is 82.3 Å². The molecule has 0 radical (unpaired) electrons. The fourth-order valence-electron chi connectivity index (χ4n) is 1.10. The van der Waals surface area contributed by atoms with Gasteiger partial charge in [-0.25, -0.2) is 15.8 Å². The van der Waals surface area contributed by atoms with Gasteiger partial charge in [0.25, 0.3) is 0 Å². The molecule has 1 heterocycles. The summed E-state index contributed by atoms with van der Waals surface area (Å²) < 4.78 is 10.4. The van der Waals surface area contributed by atoms with Crippen LogP contribution >= 0.6 is 0 Å². The number of rotatable bonds is 6. The van der Waals surface area contributed by atoms with Gasteiger partial charge in [-0.2, -0.15) is 0 Å². The summed E-state index contributed by atoms with van der Waals surface area (Å²) >= 11 is 0. The van der Waals surface area contributed by atoms with Gasteiger partial charge in [0, 0.05) is 20.1 Å². The molecule has 0 unspecified atom stereocenters. The summed E-state index contributed by atoms with van der Waals surface area (Å²) in [5.41, 5.74) is 3.28. The number of hydrogen-bond acceptors (Lipinski definition) is 6. The van der Waals surface area contributed by atoms with Crippen LogP contribution in [-0.4, -0.2) is 30.3 Å². The number of hydrazine groups is 1. The lowest BCUT2D eigenvalue weighted by Gasteiger charge is -2.09. The van der Waals surface area contributed by atoms with Gasteiger partial charge in [-0.3, -0.25) is 0 Å². The first kappa shape index (κ1) is 11.7. The van der Waals surface area contributed by atoms with Crippen LogP contribution in [0.3, 0.4) is 0 Å². The molecule has 1 aromatic rings. The number of nitrogens with one attached hydrogen (secondary N) is 1. The summed E-state index contributed by atoms with van der Waals surface area (Å²) in [6, 6.07) is 0. The molecule has 0 amide bonds. The van der Waals surface area contributed by atoms with E-state index in [4.69, 9.17) is 15.3 Å².